The number of hydrogen-bond acceptors (Lipinski definition) is 2. The largest absolute Gasteiger partial charge is 0.314 e. The summed E-state index contributed by atoms with van der Waals surface area (Å²) in [7, 11) is 2.12. The summed E-state index contributed by atoms with van der Waals surface area (Å²) >= 11 is 0. The summed E-state index contributed by atoms with van der Waals surface area (Å²) in [6.45, 7) is 12.3. The Morgan fingerprint density at radius 1 is 1.10 bits per heavy atom. The molecule has 1 heterocycles. The van der Waals surface area contributed by atoms with Crippen LogP contribution in [0.2, 0.25) is 0 Å². The molecule has 2 nitrogen and oxygen atoms in total. The van der Waals surface area contributed by atoms with E-state index in [4.69, 9.17) is 0 Å². The van der Waals surface area contributed by atoms with Crippen molar-refractivity contribution in [2.45, 2.75) is 84.2 Å². The highest BCUT2D eigenvalue weighted by atomic mass is 15.2. The van der Waals surface area contributed by atoms with Crippen LogP contribution in [-0.2, 0) is 0 Å². The lowest BCUT2D eigenvalue weighted by molar-refractivity contribution is 0.0555. The average molecular weight is 280 g/mol. The zero-order valence-corrected chi connectivity index (χ0v) is 14.5. The molecule has 20 heavy (non-hydrogen) atoms. The molecule has 0 spiro atoms. The summed E-state index contributed by atoms with van der Waals surface area (Å²) in [4.78, 5) is 2.79. The van der Waals surface area contributed by atoms with Gasteiger partial charge in [-0.05, 0) is 63.8 Å². The molecular weight excluding hydrogens is 244 g/mol. The minimum atomic E-state index is 0.387. The molecule has 118 valence electrons. The first kappa shape index (κ1) is 16.3. The van der Waals surface area contributed by atoms with E-state index < -0.39 is 0 Å². The fourth-order valence-corrected chi connectivity index (χ4v) is 4.14. The van der Waals surface area contributed by atoms with Gasteiger partial charge >= 0.3 is 0 Å². The number of piperidine rings is 1. The normalized spacial score (nSPS) is 32.2. The van der Waals surface area contributed by atoms with Crippen LogP contribution in [-0.4, -0.2) is 36.6 Å². The summed E-state index contributed by atoms with van der Waals surface area (Å²) in [6.07, 6.45) is 9.71. The molecule has 2 rings (SSSR count). The average Bonchev–Trinajstić information content (AvgIpc) is 2.48. The second kappa shape index (κ2) is 6.36. The van der Waals surface area contributed by atoms with Gasteiger partial charge < -0.3 is 10.2 Å². The van der Waals surface area contributed by atoms with E-state index in [1.807, 2.05) is 0 Å². The van der Waals surface area contributed by atoms with Gasteiger partial charge in [-0.25, -0.2) is 0 Å². The van der Waals surface area contributed by atoms with Gasteiger partial charge in [0.2, 0.25) is 0 Å². The van der Waals surface area contributed by atoms with Crippen LogP contribution < -0.4 is 5.32 Å². The fourth-order valence-electron chi connectivity index (χ4n) is 4.14. The maximum absolute atomic E-state index is 3.51. The van der Waals surface area contributed by atoms with Gasteiger partial charge in [0.25, 0.3) is 0 Å². The molecule has 1 aliphatic heterocycles. The van der Waals surface area contributed by atoms with Crippen LogP contribution in [0, 0.1) is 11.3 Å². The Hall–Kier alpha value is -0.0800. The van der Waals surface area contributed by atoms with Gasteiger partial charge in [-0.3, -0.25) is 0 Å². The third-order valence-electron chi connectivity index (χ3n) is 6.73. The second-order valence-electron chi connectivity index (χ2n) is 8.19. The molecule has 2 fully saturated rings. The Bertz CT molecular complexity index is 295. The van der Waals surface area contributed by atoms with E-state index in [1.165, 1.54) is 58.0 Å². The molecule has 0 bridgehead atoms. The fraction of sp³-hybridized carbons (Fsp3) is 1.00. The molecule has 1 saturated carbocycles. The van der Waals surface area contributed by atoms with Crippen molar-refractivity contribution in [2.24, 2.45) is 11.3 Å². The van der Waals surface area contributed by atoms with Crippen molar-refractivity contribution in [3.63, 3.8) is 0 Å². The molecule has 0 aromatic heterocycles. The smallest absolute Gasteiger partial charge is 0.0174 e. The Kier molecular flexibility index (Phi) is 5.18. The lowest BCUT2D eigenvalue weighted by Gasteiger charge is -2.46. The van der Waals surface area contributed by atoms with Crippen molar-refractivity contribution in [3.8, 4) is 0 Å². The van der Waals surface area contributed by atoms with Gasteiger partial charge in [-0.15, -0.1) is 0 Å². The van der Waals surface area contributed by atoms with Crippen LogP contribution in [0.4, 0.5) is 0 Å². The summed E-state index contributed by atoms with van der Waals surface area (Å²) in [6, 6.07) is 0.875. The van der Waals surface area contributed by atoms with E-state index in [-0.39, 0.29) is 0 Å². The van der Waals surface area contributed by atoms with E-state index in [2.05, 4.69) is 45.0 Å². The monoisotopic (exact) mass is 280 g/mol. The Morgan fingerprint density at radius 3 is 2.10 bits per heavy atom. The minimum absolute atomic E-state index is 0.387. The SMILES string of the molecule is CCC(C)(C)C1CCC(N2CCC(C)(NC)CC2)CC1. The van der Waals surface area contributed by atoms with Crippen LogP contribution in [0.1, 0.15) is 72.6 Å². The van der Waals surface area contributed by atoms with E-state index in [0.29, 0.717) is 11.0 Å². The number of nitrogens with one attached hydrogen (secondary N) is 1. The van der Waals surface area contributed by atoms with Crippen molar-refractivity contribution in [2.75, 3.05) is 20.1 Å². The van der Waals surface area contributed by atoms with Gasteiger partial charge in [-0.1, -0.05) is 27.2 Å². The summed E-state index contributed by atoms with van der Waals surface area (Å²) < 4.78 is 0. The van der Waals surface area contributed by atoms with Crippen molar-refractivity contribution >= 4 is 0 Å². The highest BCUT2D eigenvalue weighted by Crippen LogP contribution is 2.41. The topological polar surface area (TPSA) is 15.3 Å². The standard InChI is InChI=1S/C18H36N2/c1-6-17(2,3)15-7-9-16(10-8-15)20-13-11-18(4,19-5)12-14-20/h15-16,19H,6-14H2,1-5H3. The maximum Gasteiger partial charge on any atom is 0.0174 e. The second-order valence-corrected chi connectivity index (χ2v) is 8.19. The highest BCUT2D eigenvalue weighted by Gasteiger charge is 2.36. The predicted molar refractivity (Wildman–Crippen MR) is 88.1 cm³/mol. The molecular formula is C18H36N2. The predicted octanol–water partition coefficient (Wildman–Crippen LogP) is 4.06. The Labute approximate surface area is 126 Å². The lowest BCUT2D eigenvalue weighted by atomic mass is 9.68. The summed E-state index contributed by atoms with van der Waals surface area (Å²) in [5.74, 6) is 0.955. The van der Waals surface area contributed by atoms with Crippen LogP contribution in [0.5, 0.6) is 0 Å². The minimum Gasteiger partial charge on any atom is -0.314 e. The van der Waals surface area contributed by atoms with Gasteiger partial charge in [0.05, 0.1) is 0 Å². The Morgan fingerprint density at radius 2 is 1.65 bits per heavy atom. The van der Waals surface area contributed by atoms with Crippen molar-refractivity contribution in [3.05, 3.63) is 0 Å². The van der Waals surface area contributed by atoms with E-state index in [9.17, 15) is 0 Å². The quantitative estimate of drug-likeness (QED) is 0.835. The van der Waals surface area contributed by atoms with E-state index >= 15 is 0 Å². The molecule has 0 amide bonds. The van der Waals surface area contributed by atoms with Crippen molar-refractivity contribution < 1.29 is 0 Å². The van der Waals surface area contributed by atoms with Gasteiger partial charge in [-0.2, -0.15) is 0 Å². The third-order valence-corrected chi connectivity index (χ3v) is 6.73. The molecule has 0 atom stereocenters. The zero-order valence-electron chi connectivity index (χ0n) is 14.5. The third kappa shape index (κ3) is 3.57. The molecule has 0 aromatic carbocycles. The van der Waals surface area contributed by atoms with Gasteiger partial charge in [0.1, 0.15) is 0 Å². The highest BCUT2D eigenvalue weighted by molar-refractivity contribution is 4.92. The summed E-state index contributed by atoms with van der Waals surface area (Å²) in [5, 5.41) is 3.51. The molecule has 2 heteroatoms. The molecule has 0 unspecified atom stereocenters. The number of likely N-dealkylation sites (tertiary alicyclic amines) is 1. The van der Waals surface area contributed by atoms with Crippen molar-refractivity contribution in [1.82, 2.24) is 10.2 Å². The van der Waals surface area contributed by atoms with Gasteiger partial charge in [0, 0.05) is 24.7 Å². The zero-order chi connectivity index (χ0) is 14.8. The molecule has 0 radical (unpaired) electrons. The van der Waals surface area contributed by atoms with Crippen molar-refractivity contribution in [1.29, 1.82) is 0 Å². The van der Waals surface area contributed by atoms with Crippen LogP contribution >= 0.6 is 0 Å². The van der Waals surface area contributed by atoms with E-state index in [0.717, 1.165) is 12.0 Å². The number of rotatable bonds is 4. The van der Waals surface area contributed by atoms with Crippen LogP contribution in [0.25, 0.3) is 0 Å². The first-order chi connectivity index (χ1) is 9.40. The molecule has 2 aliphatic rings. The molecule has 0 aromatic rings. The van der Waals surface area contributed by atoms with Crippen LogP contribution in [0.15, 0.2) is 0 Å². The number of hydrogen-bond donors (Lipinski definition) is 1. The first-order valence-corrected chi connectivity index (χ1v) is 8.83. The lowest BCUT2D eigenvalue weighted by Crippen LogP contribution is -2.53. The maximum atomic E-state index is 3.51. The Balaban J connectivity index is 1.81. The number of nitrogens with zero attached hydrogens (tertiary/aromatic N) is 1. The van der Waals surface area contributed by atoms with Gasteiger partial charge in [0.15, 0.2) is 0 Å². The first-order valence-electron chi connectivity index (χ1n) is 8.83. The van der Waals surface area contributed by atoms with E-state index in [1.54, 1.807) is 0 Å². The molecule has 1 saturated heterocycles. The molecule has 1 N–H and O–H groups in total. The summed E-state index contributed by atoms with van der Waals surface area (Å²) in [5.41, 5.74) is 0.940. The molecule has 1 aliphatic carbocycles. The van der Waals surface area contributed by atoms with Crippen LogP contribution in [0.3, 0.4) is 0 Å².